The molecule has 1 spiro atoms. The van der Waals surface area contributed by atoms with E-state index in [1.807, 2.05) is 0 Å². The molecule has 9 atom stereocenters. The van der Waals surface area contributed by atoms with Crippen LogP contribution in [0.1, 0.15) is 51.9 Å². The Kier molecular flexibility index (Phi) is 3.74. The van der Waals surface area contributed by atoms with Crippen molar-refractivity contribution in [3.8, 4) is 0 Å². The van der Waals surface area contributed by atoms with Gasteiger partial charge < -0.3 is 15.1 Å². The number of esters is 1. The average Bonchev–Trinajstić information content (AvgIpc) is 3.39. The van der Waals surface area contributed by atoms with E-state index in [0.29, 0.717) is 35.5 Å². The number of aliphatic hydroxyl groups excluding tert-OH is 1. The molecule has 6 rings (SSSR count). The van der Waals surface area contributed by atoms with Crippen molar-refractivity contribution in [3.63, 3.8) is 0 Å². The molecule has 5 nitrogen and oxygen atoms in total. The summed E-state index contributed by atoms with van der Waals surface area (Å²) in [6.07, 6.45) is 13.3. The van der Waals surface area contributed by atoms with Gasteiger partial charge in [0, 0.05) is 29.9 Å². The number of carbonyl (C=O) groups excluding carboxylic acids is 1. The number of aliphatic hydroxyl groups is 1. The van der Waals surface area contributed by atoms with E-state index in [2.05, 4.69) is 24.2 Å². The molecule has 6 unspecified atom stereocenters. The molecule has 29 heavy (non-hydrogen) atoms. The van der Waals surface area contributed by atoms with Crippen molar-refractivity contribution in [1.29, 1.82) is 0 Å². The second kappa shape index (κ2) is 5.96. The summed E-state index contributed by atoms with van der Waals surface area (Å²) < 4.78 is 6.14. The normalized spacial score (nSPS) is 53.2. The van der Waals surface area contributed by atoms with Crippen molar-refractivity contribution < 1.29 is 19.8 Å². The highest BCUT2D eigenvalue weighted by atomic mass is 16.6. The minimum Gasteiger partial charge on any atom is -0.451 e. The van der Waals surface area contributed by atoms with Gasteiger partial charge in [0.05, 0.1) is 5.71 Å². The van der Waals surface area contributed by atoms with Crippen molar-refractivity contribution >= 4 is 11.7 Å². The molecule has 156 valence electrons. The van der Waals surface area contributed by atoms with Crippen LogP contribution in [0, 0.1) is 46.8 Å². The van der Waals surface area contributed by atoms with Crippen molar-refractivity contribution in [2.75, 3.05) is 6.61 Å². The highest BCUT2D eigenvalue weighted by Gasteiger charge is 2.78. The van der Waals surface area contributed by atoms with Crippen LogP contribution in [0.25, 0.3) is 0 Å². The van der Waals surface area contributed by atoms with Crippen molar-refractivity contribution in [3.05, 3.63) is 23.8 Å². The van der Waals surface area contributed by atoms with Crippen LogP contribution in [-0.2, 0) is 9.53 Å². The lowest BCUT2D eigenvalue weighted by Crippen LogP contribution is -2.57. The number of hydrogen-bond acceptors (Lipinski definition) is 5. The van der Waals surface area contributed by atoms with Gasteiger partial charge in [0.2, 0.25) is 0 Å². The van der Waals surface area contributed by atoms with E-state index >= 15 is 0 Å². The summed E-state index contributed by atoms with van der Waals surface area (Å²) in [5.74, 6) is 3.51. The lowest BCUT2D eigenvalue weighted by molar-refractivity contribution is -0.172. The molecule has 1 heterocycles. The predicted octanol–water partition coefficient (Wildman–Crippen LogP) is 3.71. The number of rotatable bonds is 2. The van der Waals surface area contributed by atoms with Gasteiger partial charge in [-0.2, -0.15) is 0 Å². The van der Waals surface area contributed by atoms with Crippen LogP contribution >= 0.6 is 0 Å². The molecule has 2 N–H and O–H groups in total. The highest BCUT2D eigenvalue weighted by Crippen LogP contribution is 2.78. The number of hydrogen-bond donors (Lipinski definition) is 2. The SMILES string of the molecule is CC[C@]12CCC3C(CC(CO)C4=C/C(=N/O)CC[C@@H]43)C1C1CC1[C@@]21C=CC(=O)O1. The van der Waals surface area contributed by atoms with Crippen LogP contribution in [0.3, 0.4) is 0 Å². The van der Waals surface area contributed by atoms with Crippen LogP contribution in [0.5, 0.6) is 0 Å². The van der Waals surface area contributed by atoms with Crippen LogP contribution in [-0.4, -0.2) is 34.2 Å². The third kappa shape index (κ3) is 2.10. The second-order valence-electron chi connectivity index (χ2n) is 10.5. The predicted molar refractivity (Wildman–Crippen MR) is 107 cm³/mol. The zero-order valence-electron chi connectivity index (χ0n) is 17.1. The van der Waals surface area contributed by atoms with E-state index in [9.17, 15) is 15.1 Å². The number of allylic oxidation sites excluding steroid dienone is 1. The third-order valence-corrected chi connectivity index (χ3v) is 9.94. The molecule has 6 aliphatic rings. The highest BCUT2D eigenvalue weighted by molar-refractivity contribution is 5.96. The Morgan fingerprint density at radius 2 is 2.10 bits per heavy atom. The fourth-order valence-corrected chi connectivity index (χ4v) is 8.99. The summed E-state index contributed by atoms with van der Waals surface area (Å²) in [7, 11) is 0. The minimum atomic E-state index is -0.368. The zero-order chi connectivity index (χ0) is 20.0. The van der Waals surface area contributed by atoms with Gasteiger partial charge in [-0.1, -0.05) is 17.7 Å². The smallest absolute Gasteiger partial charge is 0.331 e. The van der Waals surface area contributed by atoms with Gasteiger partial charge in [-0.25, -0.2) is 4.79 Å². The monoisotopic (exact) mass is 397 g/mol. The van der Waals surface area contributed by atoms with Crippen molar-refractivity contribution in [2.24, 2.45) is 52.0 Å². The lowest BCUT2D eigenvalue weighted by Gasteiger charge is -2.59. The molecule has 5 heteroatoms. The molecule has 0 amide bonds. The van der Waals surface area contributed by atoms with Gasteiger partial charge in [-0.3, -0.25) is 0 Å². The fourth-order valence-electron chi connectivity index (χ4n) is 8.99. The molecule has 0 saturated heterocycles. The van der Waals surface area contributed by atoms with E-state index < -0.39 is 0 Å². The maximum Gasteiger partial charge on any atom is 0.331 e. The van der Waals surface area contributed by atoms with Crippen molar-refractivity contribution in [1.82, 2.24) is 0 Å². The Balaban J connectivity index is 1.41. The summed E-state index contributed by atoms with van der Waals surface area (Å²) in [5.41, 5.74) is 1.78. The molecule has 0 aromatic carbocycles. The standard InChI is InChI=1S/C24H31NO4/c1-2-23-7-5-16-15-4-3-14(25-28)10-17(15)13(12-26)9-18(16)22(23)19-11-20(19)24(23)8-6-21(27)29-24/h6,8,10,13,15-16,18-20,22,26,28H,2-5,7,9,11-12H2,1H3/b25-14+/t13?,15-,16?,18?,19?,20?,22?,23+,24+/m1/s1. The van der Waals surface area contributed by atoms with Crippen molar-refractivity contribution in [2.45, 2.75) is 57.5 Å². The number of nitrogens with zero attached hydrogens (tertiary/aromatic N) is 1. The van der Waals surface area contributed by atoms with Gasteiger partial charge in [-0.15, -0.1) is 0 Å². The van der Waals surface area contributed by atoms with Gasteiger partial charge in [-0.05, 0) is 86.7 Å². The van der Waals surface area contributed by atoms with Crippen LogP contribution < -0.4 is 0 Å². The lowest BCUT2D eigenvalue weighted by atomic mass is 9.46. The molecular formula is C24H31NO4. The maximum absolute atomic E-state index is 12.1. The molecule has 0 bridgehead atoms. The quantitative estimate of drug-likeness (QED) is 0.423. The van der Waals surface area contributed by atoms with Crippen LogP contribution in [0.2, 0.25) is 0 Å². The molecule has 4 fully saturated rings. The van der Waals surface area contributed by atoms with Gasteiger partial charge in [0.15, 0.2) is 0 Å². The largest absolute Gasteiger partial charge is 0.451 e. The Labute approximate surface area is 171 Å². The zero-order valence-corrected chi connectivity index (χ0v) is 17.1. The summed E-state index contributed by atoms with van der Waals surface area (Å²) >= 11 is 0. The summed E-state index contributed by atoms with van der Waals surface area (Å²) in [6, 6.07) is 0. The topological polar surface area (TPSA) is 79.1 Å². The van der Waals surface area contributed by atoms with E-state index in [1.54, 1.807) is 6.08 Å². The molecule has 0 radical (unpaired) electrons. The molecule has 0 aromatic rings. The average molecular weight is 398 g/mol. The Morgan fingerprint density at radius 1 is 1.24 bits per heavy atom. The first kappa shape index (κ1) is 18.2. The van der Waals surface area contributed by atoms with Crippen LogP contribution in [0.4, 0.5) is 0 Å². The molecule has 0 aromatic heterocycles. The summed E-state index contributed by atoms with van der Waals surface area (Å²) in [5, 5.41) is 23.0. The second-order valence-corrected chi connectivity index (χ2v) is 10.5. The van der Waals surface area contributed by atoms with E-state index in [4.69, 9.17) is 4.74 Å². The number of ether oxygens (including phenoxy) is 1. The van der Waals surface area contributed by atoms with Gasteiger partial charge in [0.25, 0.3) is 0 Å². The van der Waals surface area contributed by atoms with Gasteiger partial charge in [0.1, 0.15) is 5.60 Å². The molecule has 4 saturated carbocycles. The molecule has 5 aliphatic carbocycles. The van der Waals surface area contributed by atoms with E-state index in [1.165, 1.54) is 18.4 Å². The Bertz CT molecular complexity index is 846. The molecular weight excluding hydrogens is 366 g/mol. The van der Waals surface area contributed by atoms with E-state index in [-0.39, 0.29) is 29.5 Å². The first-order chi connectivity index (χ1) is 14.1. The van der Waals surface area contributed by atoms with E-state index in [0.717, 1.165) is 37.8 Å². The third-order valence-electron chi connectivity index (χ3n) is 9.94. The Hall–Kier alpha value is -1.62. The first-order valence-electron chi connectivity index (χ1n) is 11.5. The first-order valence-corrected chi connectivity index (χ1v) is 11.5. The summed E-state index contributed by atoms with van der Waals surface area (Å²) in [4.78, 5) is 12.1. The fraction of sp³-hybridized carbons (Fsp3) is 0.750. The number of oxime groups is 1. The van der Waals surface area contributed by atoms with Crippen LogP contribution in [0.15, 0.2) is 29.0 Å². The minimum absolute atomic E-state index is 0.0675. The number of fused-ring (bicyclic) bond motifs is 9. The number of carbonyl (C=O) groups is 1. The van der Waals surface area contributed by atoms with Gasteiger partial charge >= 0.3 is 5.97 Å². The maximum atomic E-state index is 12.1. The summed E-state index contributed by atoms with van der Waals surface area (Å²) in [6.45, 7) is 2.46. The molecule has 1 aliphatic heterocycles. The Morgan fingerprint density at radius 3 is 2.79 bits per heavy atom.